The first-order valence-electron chi connectivity index (χ1n) is 10.6. The molecule has 2 amide bonds. The second-order valence-corrected chi connectivity index (χ2v) is 8.64. The lowest BCUT2D eigenvalue weighted by atomic mass is 9.86. The van der Waals surface area contributed by atoms with Gasteiger partial charge in [-0.05, 0) is 48.7 Å². The number of halogens is 3. The third-order valence-corrected chi connectivity index (χ3v) is 5.95. The molecule has 1 aliphatic heterocycles. The number of amides is 2. The number of fused-ring (bicyclic) bond motifs is 1. The van der Waals surface area contributed by atoms with E-state index in [1.54, 1.807) is 55.1 Å². The van der Waals surface area contributed by atoms with Gasteiger partial charge in [0.25, 0.3) is 5.91 Å². The van der Waals surface area contributed by atoms with Gasteiger partial charge in [0.15, 0.2) is 0 Å². The van der Waals surface area contributed by atoms with Crippen molar-refractivity contribution in [3.63, 3.8) is 0 Å². The van der Waals surface area contributed by atoms with E-state index in [1.165, 1.54) is 6.07 Å². The maximum atomic E-state index is 13.9. The Morgan fingerprint density at radius 2 is 1.80 bits per heavy atom. The molecular formula is C25H20F3N5O2. The zero-order valence-electron chi connectivity index (χ0n) is 18.8. The monoisotopic (exact) mass is 479 g/mol. The van der Waals surface area contributed by atoms with E-state index in [9.17, 15) is 22.8 Å². The fraction of sp³-hybridized carbons (Fsp3) is 0.200. The van der Waals surface area contributed by atoms with Gasteiger partial charge in [0, 0.05) is 46.1 Å². The first-order chi connectivity index (χ1) is 16.6. The first kappa shape index (κ1) is 23.8. The van der Waals surface area contributed by atoms with Crippen molar-refractivity contribution in [2.24, 2.45) is 5.11 Å². The van der Waals surface area contributed by atoms with E-state index in [2.05, 4.69) is 15.3 Å². The largest absolute Gasteiger partial charge is 0.348 e. The molecule has 1 N–H and O–H groups in total. The lowest BCUT2D eigenvalue weighted by Gasteiger charge is -2.20. The van der Waals surface area contributed by atoms with Gasteiger partial charge in [-0.1, -0.05) is 29.4 Å². The van der Waals surface area contributed by atoms with Crippen LogP contribution < -0.4 is 10.2 Å². The van der Waals surface area contributed by atoms with Crippen molar-refractivity contribution in [2.45, 2.75) is 32.4 Å². The van der Waals surface area contributed by atoms with Crippen LogP contribution in [0.25, 0.3) is 10.4 Å². The summed E-state index contributed by atoms with van der Waals surface area (Å²) in [5.41, 5.74) is 9.95. The molecule has 3 aromatic rings. The van der Waals surface area contributed by atoms with Crippen LogP contribution in [-0.4, -0.2) is 11.8 Å². The molecule has 4 rings (SSSR count). The third kappa shape index (κ3) is 4.56. The summed E-state index contributed by atoms with van der Waals surface area (Å²) >= 11 is 0. The fourth-order valence-electron chi connectivity index (χ4n) is 4.11. The average molecular weight is 479 g/mol. The number of nitrogens with zero attached hydrogens (tertiary/aromatic N) is 4. The highest BCUT2D eigenvalue weighted by Crippen LogP contribution is 2.42. The Bertz CT molecular complexity index is 1380. The summed E-state index contributed by atoms with van der Waals surface area (Å²) in [4.78, 5) is 30.3. The van der Waals surface area contributed by atoms with Crippen molar-refractivity contribution in [1.82, 2.24) is 5.32 Å². The second-order valence-electron chi connectivity index (χ2n) is 8.64. The standard InChI is InChI=1S/C25H20F3N5O2/c1-25(2)19-7-6-15(23(34)30-12-18-20(27)10-16(26)11-21(18)28)9-22(19)33(24(25)35)13-14-4-3-5-17(8-14)31-32-29/h3-11H,12-13H2,1-2H3,(H,30,34). The molecule has 0 spiro atoms. The summed E-state index contributed by atoms with van der Waals surface area (Å²) in [5.74, 6) is -4.03. The van der Waals surface area contributed by atoms with Crippen LogP contribution in [0.5, 0.6) is 0 Å². The summed E-state index contributed by atoms with van der Waals surface area (Å²) in [6, 6.07) is 12.7. The Kier molecular flexibility index (Phi) is 6.24. The summed E-state index contributed by atoms with van der Waals surface area (Å²) in [5, 5.41) is 6.02. The van der Waals surface area contributed by atoms with Crippen LogP contribution in [0.1, 0.15) is 40.9 Å². The molecule has 35 heavy (non-hydrogen) atoms. The molecule has 7 nitrogen and oxygen atoms in total. The third-order valence-electron chi connectivity index (χ3n) is 5.95. The number of benzene rings is 3. The van der Waals surface area contributed by atoms with Gasteiger partial charge in [-0.3, -0.25) is 9.59 Å². The van der Waals surface area contributed by atoms with Gasteiger partial charge < -0.3 is 10.2 Å². The number of hydrogen-bond acceptors (Lipinski definition) is 3. The molecule has 0 fully saturated rings. The molecule has 0 saturated heterocycles. The maximum Gasteiger partial charge on any atom is 0.251 e. The Morgan fingerprint density at radius 1 is 1.09 bits per heavy atom. The molecule has 0 bridgehead atoms. The van der Waals surface area contributed by atoms with Crippen molar-refractivity contribution in [2.75, 3.05) is 4.90 Å². The van der Waals surface area contributed by atoms with E-state index >= 15 is 0 Å². The Labute approximate surface area is 198 Å². The number of carbonyl (C=O) groups is 2. The SMILES string of the molecule is CC1(C)C(=O)N(Cc2cccc(N=[N+]=[N-])c2)c2cc(C(=O)NCc3c(F)cc(F)cc3F)ccc21. The van der Waals surface area contributed by atoms with Gasteiger partial charge in [-0.2, -0.15) is 0 Å². The summed E-state index contributed by atoms with van der Waals surface area (Å²) in [7, 11) is 0. The number of hydrogen-bond donors (Lipinski definition) is 1. The molecule has 0 aromatic heterocycles. The van der Waals surface area contributed by atoms with Crippen molar-refractivity contribution in [3.05, 3.63) is 105 Å². The van der Waals surface area contributed by atoms with Gasteiger partial charge >= 0.3 is 0 Å². The number of anilines is 1. The smallest absolute Gasteiger partial charge is 0.251 e. The minimum atomic E-state index is -1.10. The second kappa shape index (κ2) is 9.15. The Hall–Kier alpha value is -4.30. The van der Waals surface area contributed by atoms with Gasteiger partial charge in [-0.25, -0.2) is 13.2 Å². The molecule has 0 atom stereocenters. The highest BCUT2D eigenvalue weighted by Gasteiger charge is 2.44. The zero-order valence-corrected chi connectivity index (χ0v) is 18.8. The molecule has 10 heteroatoms. The highest BCUT2D eigenvalue weighted by molar-refractivity contribution is 6.09. The highest BCUT2D eigenvalue weighted by atomic mass is 19.1. The van der Waals surface area contributed by atoms with E-state index in [-0.39, 0.29) is 18.0 Å². The lowest BCUT2D eigenvalue weighted by Crippen LogP contribution is -2.35. The normalized spacial score (nSPS) is 13.9. The number of azide groups is 1. The van der Waals surface area contributed by atoms with E-state index < -0.39 is 40.9 Å². The van der Waals surface area contributed by atoms with Crippen molar-refractivity contribution >= 4 is 23.2 Å². The molecule has 1 aliphatic rings. The van der Waals surface area contributed by atoms with E-state index in [1.807, 2.05) is 0 Å². The van der Waals surface area contributed by atoms with Crippen LogP contribution >= 0.6 is 0 Å². The molecule has 0 radical (unpaired) electrons. The van der Waals surface area contributed by atoms with Gasteiger partial charge in [0.1, 0.15) is 17.5 Å². The number of nitrogens with one attached hydrogen (secondary N) is 1. The molecule has 0 aliphatic carbocycles. The van der Waals surface area contributed by atoms with Crippen molar-refractivity contribution in [1.29, 1.82) is 0 Å². The van der Waals surface area contributed by atoms with Crippen LogP contribution in [0.4, 0.5) is 24.5 Å². The number of carbonyl (C=O) groups excluding carboxylic acids is 2. The topological polar surface area (TPSA) is 98.2 Å². The number of rotatable bonds is 6. The molecule has 178 valence electrons. The van der Waals surface area contributed by atoms with E-state index in [4.69, 9.17) is 5.53 Å². The fourth-order valence-corrected chi connectivity index (χ4v) is 4.11. The average Bonchev–Trinajstić information content (AvgIpc) is 2.99. The lowest BCUT2D eigenvalue weighted by molar-refractivity contribution is -0.122. The minimum absolute atomic E-state index is 0.172. The minimum Gasteiger partial charge on any atom is -0.348 e. The molecule has 1 heterocycles. The Balaban J connectivity index is 1.61. The van der Waals surface area contributed by atoms with Gasteiger partial charge in [0.05, 0.1) is 12.0 Å². The van der Waals surface area contributed by atoms with Crippen LogP contribution in [0.3, 0.4) is 0 Å². The van der Waals surface area contributed by atoms with E-state index in [0.29, 0.717) is 23.5 Å². The van der Waals surface area contributed by atoms with Crippen LogP contribution in [-0.2, 0) is 23.3 Å². The molecule has 0 unspecified atom stereocenters. The summed E-state index contributed by atoms with van der Waals surface area (Å²) in [6.07, 6.45) is 0. The van der Waals surface area contributed by atoms with Crippen molar-refractivity contribution < 1.29 is 22.8 Å². The Morgan fingerprint density at radius 3 is 2.49 bits per heavy atom. The van der Waals surface area contributed by atoms with E-state index in [0.717, 1.165) is 11.1 Å². The summed E-state index contributed by atoms with van der Waals surface area (Å²) < 4.78 is 40.9. The summed E-state index contributed by atoms with van der Waals surface area (Å²) in [6.45, 7) is 3.27. The van der Waals surface area contributed by atoms with Gasteiger partial charge in [-0.15, -0.1) is 0 Å². The quantitative estimate of drug-likeness (QED) is 0.275. The molecular weight excluding hydrogens is 459 g/mol. The maximum absolute atomic E-state index is 13.9. The predicted molar refractivity (Wildman–Crippen MR) is 123 cm³/mol. The van der Waals surface area contributed by atoms with Crippen LogP contribution in [0, 0.1) is 17.5 Å². The van der Waals surface area contributed by atoms with Crippen LogP contribution in [0.2, 0.25) is 0 Å². The molecule has 0 saturated carbocycles. The van der Waals surface area contributed by atoms with Crippen LogP contribution in [0.15, 0.2) is 59.7 Å². The zero-order chi connectivity index (χ0) is 25.3. The first-order valence-corrected chi connectivity index (χ1v) is 10.6. The van der Waals surface area contributed by atoms with Crippen molar-refractivity contribution in [3.8, 4) is 0 Å². The molecule has 3 aromatic carbocycles. The van der Waals surface area contributed by atoms with Gasteiger partial charge in [0.2, 0.25) is 5.91 Å². The predicted octanol–water partition coefficient (Wildman–Crippen LogP) is 5.80.